The topological polar surface area (TPSA) is 79.4 Å². The Hall–Kier alpha value is -2.16. The van der Waals surface area contributed by atoms with Crippen LogP contribution in [0, 0.1) is 6.67 Å². The standard InChI is InChI=1S/C21H32N5O3/c1-4-25-15-26(21(29)18-20(25)24(3)14-23(18)2)13-7-5-6-12-22-19(28)16-8-10-17(27)11-9-16/h8-11,14,18,20,27H,4-7,12-13,15H2,1-3H3,(H,22,28). The molecule has 0 spiro atoms. The molecule has 3 rings (SSSR count). The summed E-state index contributed by atoms with van der Waals surface area (Å²) in [7, 11) is 3.99. The summed E-state index contributed by atoms with van der Waals surface area (Å²) in [6.45, 7) is 7.05. The predicted octanol–water partition coefficient (Wildman–Crippen LogP) is 1.11. The van der Waals surface area contributed by atoms with Crippen LogP contribution in [0.25, 0.3) is 0 Å². The molecule has 2 amide bonds. The van der Waals surface area contributed by atoms with E-state index in [1.54, 1.807) is 12.1 Å². The van der Waals surface area contributed by atoms with Crippen molar-refractivity contribution in [1.29, 1.82) is 0 Å². The molecule has 29 heavy (non-hydrogen) atoms. The summed E-state index contributed by atoms with van der Waals surface area (Å²) in [5.74, 6) is 0.212. The van der Waals surface area contributed by atoms with Gasteiger partial charge in [0.25, 0.3) is 5.91 Å². The van der Waals surface area contributed by atoms with Gasteiger partial charge in [0.05, 0.1) is 19.5 Å². The van der Waals surface area contributed by atoms with Gasteiger partial charge in [-0.05, 0) is 64.2 Å². The number of fused-ring (bicyclic) bond motifs is 1. The lowest BCUT2D eigenvalue weighted by molar-refractivity contribution is -0.149. The molecule has 1 aromatic carbocycles. The molecule has 0 aromatic heterocycles. The van der Waals surface area contributed by atoms with Crippen LogP contribution in [0.2, 0.25) is 0 Å². The SMILES string of the molecule is CCN1CN(CCCCCNC(=O)c2ccc(O)cc2)C(=O)C2C1N(C)[CH]N2C. The number of hydrogen-bond acceptors (Lipinski definition) is 6. The van der Waals surface area contributed by atoms with Crippen molar-refractivity contribution in [2.24, 2.45) is 0 Å². The number of unbranched alkanes of at least 4 members (excludes halogenated alkanes) is 2. The Bertz CT molecular complexity index is 711. The Kier molecular flexibility index (Phi) is 7.10. The first-order valence-electron chi connectivity index (χ1n) is 10.3. The van der Waals surface area contributed by atoms with E-state index >= 15 is 0 Å². The Labute approximate surface area is 173 Å². The zero-order valence-electron chi connectivity index (χ0n) is 17.5. The Morgan fingerprint density at radius 2 is 1.86 bits per heavy atom. The maximum atomic E-state index is 13.0. The van der Waals surface area contributed by atoms with Gasteiger partial charge in [-0.15, -0.1) is 0 Å². The average Bonchev–Trinajstić information content (AvgIpc) is 3.01. The second kappa shape index (κ2) is 9.56. The van der Waals surface area contributed by atoms with Gasteiger partial charge < -0.3 is 15.3 Å². The maximum absolute atomic E-state index is 13.0. The molecule has 2 saturated heterocycles. The van der Waals surface area contributed by atoms with Crippen molar-refractivity contribution in [3.05, 3.63) is 36.5 Å². The van der Waals surface area contributed by atoms with Gasteiger partial charge in [0.2, 0.25) is 5.91 Å². The van der Waals surface area contributed by atoms with Crippen LogP contribution in [0.4, 0.5) is 0 Å². The number of phenols is 1. The zero-order chi connectivity index (χ0) is 21.0. The van der Waals surface area contributed by atoms with E-state index in [1.807, 2.05) is 30.6 Å². The predicted molar refractivity (Wildman–Crippen MR) is 111 cm³/mol. The van der Waals surface area contributed by atoms with Crippen LogP contribution >= 0.6 is 0 Å². The molecule has 2 N–H and O–H groups in total. The van der Waals surface area contributed by atoms with E-state index < -0.39 is 0 Å². The summed E-state index contributed by atoms with van der Waals surface area (Å²) in [6, 6.07) is 6.08. The minimum atomic E-state index is -0.140. The molecule has 0 aliphatic carbocycles. The van der Waals surface area contributed by atoms with Gasteiger partial charge in [-0.2, -0.15) is 0 Å². The first-order chi connectivity index (χ1) is 13.9. The number of amides is 2. The largest absolute Gasteiger partial charge is 0.508 e. The fraction of sp³-hybridized carbons (Fsp3) is 0.571. The molecular formula is C21H32N5O3. The molecule has 2 unspecified atom stereocenters. The number of benzene rings is 1. The number of nitrogens with zero attached hydrogens (tertiary/aromatic N) is 4. The lowest BCUT2D eigenvalue weighted by Gasteiger charge is -2.44. The fourth-order valence-electron chi connectivity index (χ4n) is 4.17. The van der Waals surface area contributed by atoms with Crippen molar-refractivity contribution in [3.63, 3.8) is 0 Å². The van der Waals surface area contributed by atoms with Crippen LogP contribution in [0.5, 0.6) is 5.75 Å². The third-order valence-electron chi connectivity index (χ3n) is 5.72. The van der Waals surface area contributed by atoms with Crippen LogP contribution in [0.3, 0.4) is 0 Å². The normalized spacial score (nSPS) is 23.4. The van der Waals surface area contributed by atoms with Gasteiger partial charge in [0.1, 0.15) is 11.8 Å². The number of rotatable bonds is 8. The molecule has 8 heteroatoms. The van der Waals surface area contributed by atoms with Crippen LogP contribution in [-0.4, -0.2) is 89.1 Å². The molecule has 0 bridgehead atoms. The van der Waals surface area contributed by atoms with Crippen molar-refractivity contribution < 1.29 is 14.7 Å². The number of carbonyl (C=O) groups excluding carboxylic acids is 2. The highest BCUT2D eigenvalue weighted by Gasteiger charge is 2.49. The molecular weight excluding hydrogens is 370 g/mol. The molecule has 2 aliphatic heterocycles. The van der Waals surface area contributed by atoms with Gasteiger partial charge in [-0.3, -0.25) is 24.3 Å². The minimum absolute atomic E-state index is 0.115. The van der Waals surface area contributed by atoms with Crippen molar-refractivity contribution in [3.8, 4) is 5.75 Å². The van der Waals surface area contributed by atoms with E-state index in [-0.39, 0.29) is 29.8 Å². The van der Waals surface area contributed by atoms with Crippen LogP contribution < -0.4 is 5.32 Å². The van der Waals surface area contributed by atoms with E-state index in [1.165, 1.54) is 12.1 Å². The second-order valence-corrected chi connectivity index (χ2v) is 7.82. The number of aromatic hydroxyl groups is 1. The van der Waals surface area contributed by atoms with Gasteiger partial charge in [-0.25, -0.2) is 0 Å². The number of likely N-dealkylation sites (N-methyl/N-ethyl adjacent to an activating group) is 3. The Balaban J connectivity index is 1.39. The van der Waals surface area contributed by atoms with Crippen molar-refractivity contribution >= 4 is 11.8 Å². The molecule has 159 valence electrons. The lowest BCUT2D eigenvalue weighted by Crippen LogP contribution is -2.64. The maximum Gasteiger partial charge on any atom is 0.251 e. The monoisotopic (exact) mass is 402 g/mol. The molecule has 2 atom stereocenters. The van der Waals surface area contributed by atoms with Crippen LogP contribution in [0.1, 0.15) is 36.5 Å². The molecule has 2 fully saturated rings. The average molecular weight is 403 g/mol. The van der Waals surface area contributed by atoms with Crippen LogP contribution in [-0.2, 0) is 4.79 Å². The van der Waals surface area contributed by atoms with Gasteiger partial charge in [0, 0.05) is 18.7 Å². The summed E-state index contributed by atoms with van der Waals surface area (Å²) in [6.07, 6.45) is 2.84. The highest BCUT2D eigenvalue weighted by molar-refractivity contribution is 5.94. The zero-order valence-corrected chi connectivity index (χ0v) is 17.5. The first-order valence-corrected chi connectivity index (χ1v) is 10.3. The highest BCUT2D eigenvalue weighted by Crippen LogP contribution is 2.29. The van der Waals surface area contributed by atoms with Crippen molar-refractivity contribution in [1.82, 2.24) is 24.9 Å². The quantitative estimate of drug-likeness (QED) is 0.634. The summed E-state index contributed by atoms with van der Waals surface area (Å²) in [5.41, 5.74) is 0.540. The molecule has 8 nitrogen and oxygen atoms in total. The Morgan fingerprint density at radius 1 is 1.14 bits per heavy atom. The minimum Gasteiger partial charge on any atom is -0.508 e. The Morgan fingerprint density at radius 3 is 2.55 bits per heavy atom. The first kappa shape index (κ1) is 21.5. The van der Waals surface area contributed by atoms with Gasteiger partial charge in [0.15, 0.2) is 0 Å². The number of nitrogens with one attached hydrogen (secondary N) is 1. The van der Waals surface area contributed by atoms with Gasteiger partial charge >= 0.3 is 0 Å². The third kappa shape index (κ3) is 4.88. The van der Waals surface area contributed by atoms with E-state index in [2.05, 4.69) is 22.0 Å². The summed E-state index contributed by atoms with van der Waals surface area (Å²) >= 11 is 0. The number of hydrogen-bond donors (Lipinski definition) is 2. The number of phenolic OH excluding ortho intramolecular Hbond substituents is 1. The van der Waals surface area contributed by atoms with Crippen molar-refractivity contribution in [2.45, 2.75) is 38.4 Å². The van der Waals surface area contributed by atoms with E-state index in [0.29, 0.717) is 18.8 Å². The van der Waals surface area contributed by atoms with Crippen LogP contribution in [0.15, 0.2) is 24.3 Å². The summed E-state index contributed by atoms with van der Waals surface area (Å²) in [5, 5.41) is 12.2. The lowest BCUT2D eigenvalue weighted by atomic mass is 10.1. The van der Waals surface area contributed by atoms with Gasteiger partial charge in [-0.1, -0.05) is 6.92 Å². The second-order valence-electron chi connectivity index (χ2n) is 7.82. The molecule has 0 saturated carbocycles. The molecule has 2 aliphatic rings. The molecule has 2 heterocycles. The fourth-order valence-corrected chi connectivity index (χ4v) is 4.17. The smallest absolute Gasteiger partial charge is 0.251 e. The summed E-state index contributed by atoms with van der Waals surface area (Å²) in [4.78, 5) is 33.4. The van der Waals surface area contributed by atoms with E-state index in [9.17, 15) is 14.7 Å². The molecule has 1 radical (unpaired) electrons. The van der Waals surface area contributed by atoms with Crippen molar-refractivity contribution in [2.75, 3.05) is 40.4 Å². The summed E-state index contributed by atoms with van der Waals surface area (Å²) < 4.78 is 0. The highest BCUT2D eigenvalue weighted by atomic mass is 16.3. The molecule has 1 aromatic rings. The van der Waals surface area contributed by atoms with E-state index in [0.717, 1.165) is 32.4 Å². The number of carbonyl (C=O) groups is 2. The van der Waals surface area contributed by atoms with E-state index in [4.69, 9.17) is 0 Å². The third-order valence-corrected chi connectivity index (χ3v) is 5.72.